The van der Waals surface area contributed by atoms with Crippen molar-refractivity contribution in [3.05, 3.63) is 12.2 Å². The molecule has 2 fully saturated rings. The third-order valence-electron chi connectivity index (χ3n) is 4.77. The van der Waals surface area contributed by atoms with Crippen LogP contribution in [-0.2, 0) is 9.53 Å². The summed E-state index contributed by atoms with van der Waals surface area (Å²) in [6.45, 7) is 5.44. The molecule has 2 nitrogen and oxygen atoms in total. The molecule has 2 rings (SSSR count). The van der Waals surface area contributed by atoms with Crippen LogP contribution < -0.4 is 0 Å². The van der Waals surface area contributed by atoms with Crippen LogP contribution in [-0.4, -0.2) is 12.1 Å². The van der Waals surface area contributed by atoms with Gasteiger partial charge in [0.25, 0.3) is 0 Å². The zero-order valence-corrected chi connectivity index (χ0v) is 11.7. The summed E-state index contributed by atoms with van der Waals surface area (Å²) in [6, 6.07) is 0. The van der Waals surface area contributed by atoms with E-state index in [1.165, 1.54) is 57.8 Å². The number of esters is 1. The second kappa shape index (κ2) is 5.90. The first-order valence-electron chi connectivity index (χ1n) is 7.51. The van der Waals surface area contributed by atoms with E-state index in [1.54, 1.807) is 6.92 Å². The van der Waals surface area contributed by atoms with Crippen LogP contribution in [0.2, 0.25) is 0 Å². The van der Waals surface area contributed by atoms with Crippen molar-refractivity contribution < 1.29 is 9.53 Å². The number of rotatable bonds is 2. The fraction of sp³-hybridized carbons (Fsp3) is 0.812. The van der Waals surface area contributed by atoms with E-state index >= 15 is 0 Å². The number of hydrogen-bond donors (Lipinski definition) is 0. The predicted octanol–water partition coefficient (Wildman–Crippen LogP) is 4.39. The summed E-state index contributed by atoms with van der Waals surface area (Å²) < 4.78 is 5.76. The van der Waals surface area contributed by atoms with Crippen LogP contribution in [0.3, 0.4) is 0 Å². The quantitative estimate of drug-likeness (QED) is 0.536. The van der Waals surface area contributed by atoms with Crippen molar-refractivity contribution in [1.29, 1.82) is 0 Å². The smallest absolute Gasteiger partial charge is 0.333 e. The molecular formula is C16H26O2. The molecular weight excluding hydrogens is 224 g/mol. The first-order valence-corrected chi connectivity index (χ1v) is 7.51. The molecule has 0 radical (unpaired) electrons. The van der Waals surface area contributed by atoms with Gasteiger partial charge in [0.1, 0.15) is 6.10 Å². The van der Waals surface area contributed by atoms with Crippen molar-refractivity contribution in [2.75, 3.05) is 0 Å². The Morgan fingerprint density at radius 1 is 1.06 bits per heavy atom. The molecule has 0 aromatic heterocycles. The molecule has 0 aliphatic heterocycles. The largest absolute Gasteiger partial charge is 0.458 e. The monoisotopic (exact) mass is 250 g/mol. The van der Waals surface area contributed by atoms with Crippen molar-refractivity contribution >= 4 is 5.97 Å². The zero-order chi connectivity index (χ0) is 13.0. The number of carbonyl (C=O) groups is 1. The van der Waals surface area contributed by atoms with Crippen molar-refractivity contribution in [2.24, 2.45) is 5.41 Å². The van der Waals surface area contributed by atoms with Crippen molar-refractivity contribution in [2.45, 2.75) is 77.2 Å². The molecule has 1 unspecified atom stereocenters. The third kappa shape index (κ3) is 2.96. The maximum absolute atomic E-state index is 11.8. The normalized spacial score (nSPS) is 27.5. The molecule has 0 aromatic rings. The van der Waals surface area contributed by atoms with Gasteiger partial charge in [-0.15, -0.1) is 0 Å². The van der Waals surface area contributed by atoms with Crippen molar-refractivity contribution in [3.8, 4) is 0 Å². The first kappa shape index (κ1) is 13.6. The average molecular weight is 250 g/mol. The van der Waals surface area contributed by atoms with Crippen LogP contribution in [0.1, 0.15) is 71.1 Å². The Balaban J connectivity index is 2.08. The second-order valence-electron chi connectivity index (χ2n) is 6.20. The van der Waals surface area contributed by atoms with Crippen LogP contribution in [0.25, 0.3) is 0 Å². The highest BCUT2D eigenvalue weighted by atomic mass is 16.5. The van der Waals surface area contributed by atoms with E-state index in [4.69, 9.17) is 4.74 Å². The molecule has 1 spiro atoms. The Morgan fingerprint density at radius 3 is 2.17 bits per heavy atom. The van der Waals surface area contributed by atoms with E-state index in [9.17, 15) is 4.79 Å². The highest BCUT2D eigenvalue weighted by molar-refractivity contribution is 5.87. The molecule has 0 N–H and O–H groups in total. The summed E-state index contributed by atoms with van der Waals surface area (Å²) >= 11 is 0. The lowest BCUT2D eigenvalue weighted by molar-refractivity contribution is -0.156. The maximum Gasteiger partial charge on any atom is 0.333 e. The van der Waals surface area contributed by atoms with Gasteiger partial charge in [0.2, 0.25) is 0 Å². The van der Waals surface area contributed by atoms with Crippen LogP contribution in [0.15, 0.2) is 12.2 Å². The minimum Gasteiger partial charge on any atom is -0.458 e. The number of carbonyl (C=O) groups excluding carboxylic acids is 1. The van der Waals surface area contributed by atoms with Gasteiger partial charge in [-0.1, -0.05) is 38.7 Å². The van der Waals surface area contributed by atoms with Crippen molar-refractivity contribution in [3.63, 3.8) is 0 Å². The molecule has 2 aliphatic rings. The fourth-order valence-electron chi connectivity index (χ4n) is 3.69. The first-order chi connectivity index (χ1) is 8.64. The van der Waals surface area contributed by atoms with E-state index in [-0.39, 0.29) is 12.1 Å². The maximum atomic E-state index is 11.8. The molecule has 1 atom stereocenters. The molecule has 0 amide bonds. The molecule has 0 bridgehead atoms. The molecule has 0 heterocycles. The molecule has 0 aromatic carbocycles. The molecule has 2 aliphatic carbocycles. The Morgan fingerprint density at radius 2 is 1.61 bits per heavy atom. The third-order valence-corrected chi connectivity index (χ3v) is 4.77. The lowest BCUT2D eigenvalue weighted by atomic mass is 9.67. The molecule has 0 saturated heterocycles. The van der Waals surface area contributed by atoms with E-state index < -0.39 is 0 Å². The Labute approximate surface area is 111 Å². The molecule has 102 valence electrons. The Hall–Kier alpha value is -0.790. The second-order valence-corrected chi connectivity index (χ2v) is 6.20. The summed E-state index contributed by atoms with van der Waals surface area (Å²) in [5, 5.41) is 0. The molecule has 2 saturated carbocycles. The summed E-state index contributed by atoms with van der Waals surface area (Å²) in [6.07, 6.45) is 12.8. The van der Waals surface area contributed by atoms with E-state index in [1.807, 2.05) is 0 Å². The Kier molecular flexibility index (Phi) is 4.47. The van der Waals surface area contributed by atoms with E-state index in [0.29, 0.717) is 11.0 Å². The van der Waals surface area contributed by atoms with Crippen LogP contribution in [0.4, 0.5) is 0 Å². The van der Waals surface area contributed by atoms with Gasteiger partial charge in [-0.3, -0.25) is 0 Å². The number of hydrogen-bond acceptors (Lipinski definition) is 2. The zero-order valence-electron chi connectivity index (χ0n) is 11.7. The summed E-state index contributed by atoms with van der Waals surface area (Å²) in [4.78, 5) is 11.8. The lowest BCUT2D eigenvalue weighted by Gasteiger charge is -2.43. The molecule has 2 heteroatoms. The lowest BCUT2D eigenvalue weighted by Crippen LogP contribution is -2.41. The van der Waals surface area contributed by atoms with E-state index in [2.05, 4.69) is 6.58 Å². The van der Waals surface area contributed by atoms with Gasteiger partial charge < -0.3 is 4.74 Å². The highest BCUT2D eigenvalue weighted by Crippen LogP contribution is 2.48. The number of ether oxygens (including phenoxy) is 1. The highest BCUT2D eigenvalue weighted by Gasteiger charge is 2.42. The average Bonchev–Trinajstić information content (AvgIpc) is 2.58. The fourth-order valence-corrected chi connectivity index (χ4v) is 3.69. The Bertz CT molecular complexity index is 311. The van der Waals surface area contributed by atoms with Crippen LogP contribution in [0, 0.1) is 5.41 Å². The van der Waals surface area contributed by atoms with Crippen LogP contribution in [0.5, 0.6) is 0 Å². The van der Waals surface area contributed by atoms with Gasteiger partial charge in [-0.25, -0.2) is 4.79 Å². The van der Waals surface area contributed by atoms with Crippen LogP contribution >= 0.6 is 0 Å². The van der Waals surface area contributed by atoms with Gasteiger partial charge in [0.05, 0.1) is 0 Å². The topological polar surface area (TPSA) is 26.3 Å². The minimum absolute atomic E-state index is 0.147. The standard InChI is InChI=1S/C16H26O2/c1-13(2)15(17)18-14-9-5-8-12-16(14)10-6-3-4-7-11-16/h14H,1,3-12H2,2H3. The summed E-state index contributed by atoms with van der Waals surface area (Å²) in [5.41, 5.74) is 0.823. The van der Waals surface area contributed by atoms with Gasteiger partial charge in [0, 0.05) is 11.0 Å². The SMILES string of the molecule is C=C(C)C(=O)OC1CCCCC12CCCCCC2. The summed E-state index contributed by atoms with van der Waals surface area (Å²) in [7, 11) is 0. The van der Waals surface area contributed by atoms with Gasteiger partial charge in [0.15, 0.2) is 0 Å². The van der Waals surface area contributed by atoms with Gasteiger partial charge >= 0.3 is 5.97 Å². The predicted molar refractivity (Wildman–Crippen MR) is 73.3 cm³/mol. The van der Waals surface area contributed by atoms with Gasteiger partial charge in [-0.2, -0.15) is 0 Å². The van der Waals surface area contributed by atoms with Gasteiger partial charge in [-0.05, 0) is 39.0 Å². The van der Waals surface area contributed by atoms with E-state index in [0.717, 1.165) is 6.42 Å². The molecule has 18 heavy (non-hydrogen) atoms. The van der Waals surface area contributed by atoms with Crippen molar-refractivity contribution in [1.82, 2.24) is 0 Å². The minimum atomic E-state index is -0.189. The summed E-state index contributed by atoms with van der Waals surface area (Å²) in [5.74, 6) is -0.189.